The minimum atomic E-state index is -0.309. The summed E-state index contributed by atoms with van der Waals surface area (Å²) in [5.74, 6) is -0.173. The van der Waals surface area contributed by atoms with Crippen molar-refractivity contribution >= 4 is 22.9 Å². The Morgan fingerprint density at radius 1 is 0.957 bits per heavy atom. The lowest BCUT2D eigenvalue weighted by Crippen LogP contribution is -2.36. The van der Waals surface area contributed by atoms with Crippen molar-refractivity contribution in [1.29, 1.82) is 0 Å². The molecule has 2 aromatic carbocycles. The molecule has 0 unspecified atom stereocenters. The summed E-state index contributed by atoms with van der Waals surface area (Å²) in [4.78, 5) is 27.8. The second-order valence-corrected chi connectivity index (χ2v) is 4.90. The fourth-order valence-electron chi connectivity index (χ4n) is 2.08. The number of nitrogens with zero attached hydrogens (tertiary/aromatic N) is 1. The maximum absolute atomic E-state index is 11.8. The van der Waals surface area contributed by atoms with E-state index in [2.05, 4.69) is 15.6 Å². The van der Waals surface area contributed by atoms with Gasteiger partial charge >= 0.3 is 0 Å². The van der Waals surface area contributed by atoms with Crippen molar-refractivity contribution < 1.29 is 14.0 Å². The highest BCUT2D eigenvalue weighted by Gasteiger charge is 2.09. The van der Waals surface area contributed by atoms with Crippen LogP contribution in [-0.2, 0) is 11.3 Å². The van der Waals surface area contributed by atoms with Crippen molar-refractivity contribution in [3.05, 3.63) is 66.1 Å². The van der Waals surface area contributed by atoms with E-state index >= 15 is 0 Å². The molecule has 0 bridgehead atoms. The molecule has 3 rings (SSSR count). The van der Waals surface area contributed by atoms with E-state index in [9.17, 15) is 9.59 Å². The van der Waals surface area contributed by atoms with Crippen LogP contribution in [0.4, 0.5) is 0 Å². The van der Waals surface area contributed by atoms with Gasteiger partial charge in [0, 0.05) is 5.56 Å². The third kappa shape index (κ3) is 3.74. The van der Waals surface area contributed by atoms with E-state index in [1.807, 2.05) is 30.3 Å². The lowest BCUT2D eigenvalue weighted by molar-refractivity contribution is -0.120. The second-order valence-electron chi connectivity index (χ2n) is 4.90. The van der Waals surface area contributed by atoms with Crippen LogP contribution in [-0.4, -0.2) is 23.3 Å². The second kappa shape index (κ2) is 6.74. The molecule has 6 nitrogen and oxygen atoms in total. The summed E-state index contributed by atoms with van der Waals surface area (Å²) in [7, 11) is 0. The van der Waals surface area contributed by atoms with Crippen LogP contribution in [0.25, 0.3) is 11.1 Å². The predicted molar refractivity (Wildman–Crippen MR) is 84.6 cm³/mol. The Morgan fingerprint density at radius 3 is 2.48 bits per heavy atom. The Kier molecular flexibility index (Phi) is 4.33. The molecule has 6 heteroatoms. The van der Waals surface area contributed by atoms with Crippen LogP contribution in [0.2, 0.25) is 0 Å². The lowest BCUT2D eigenvalue weighted by atomic mass is 10.2. The van der Waals surface area contributed by atoms with E-state index in [1.165, 1.54) is 0 Å². The van der Waals surface area contributed by atoms with Gasteiger partial charge in [-0.25, -0.2) is 4.98 Å². The molecule has 0 aliphatic rings. The zero-order valence-electron chi connectivity index (χ0n) is 12.3. The summed E-state index contributed by atoms with van der Waals surface area (Å²) in [5, 5.41) is 5.22. The van der Waals surface area contributed by atoms with Gasteiger partial charge in [-0.2, -0.15) is 0 Å². The first-order chi connectivity index (χ1) is 11.2. The summed E-state index contributed by atoms with van der Waals surface area (Å²) in [5.41, 5.74) is 1.93. The summed E-state index contributed by atoms with van der Waals surface area (Å²) < 4.78 is 5.50. The molecule has 3 aromatic rings. The number of hydrogen-bond acceptors (Lipinski definition) is 4. The molecule has 2 amide bonds. The number of oxazole rings is 1. The number of para-hydroxylation sites is 2. The van der Waals surface area contributed by atoms with Crippen molar-refractivity contribution in [1.82, 2.24) is 15.6 Å². The maximum atomic E-state index is 11.8. The van der Waals surface area contributed by atoms with E-state index < -0.39 is 0 Å². The van der Waals surface area contributed by atoms with Crippen LogP contribution >= 0.6 is 0 Å². The van der Waals surface area contributed by atoms with Gasteiger partial charge in [0.1, 0.15) is 5.52 Å². The molecule has 0 aliphatic heterocycles. The molecule has 0 saturated carbocycles. The van der Waals surface area contributed by atoms with Gasteiger partial charge in [0.2, 0.25) is 11.8 Å². The van der Waals surface area contributed by atoms with E-state index in [1.54, 1.807) is 24.3 Å². The van der Waals surface area contributed by atoms with Gasteiger partial charge in [0.05, 0.1) is 13.1 Å². The summed E-state index contributed by atoms with van der Waals surface area (Å²) >= 11 is 0. The predicted octanol–water partition coefficient (Wildman–Crippen LogP) is 1.87. The fourth-order valence-corrected chi connectivity index (χ4v) is 2.08. The molecule has 0 spiro atoms. The lowest BCUT2D eigenvalue weighted by Gasteiger charge is -2.05. The van der Waals surface area contributed by atoms with Gasteiger partial charge in [-0.05, 0) is 24.3 Å². The average molecular weight is 309 g/mol. The monoisotopic (exact) mass is 309 g/mol. The molecule has 0 saturated heterocycles. The Morgan fingerprint density at radius 2 is 1.70 bits per heavy atom. The van der Waals surface area contributed by atoms with Crippen LogP contribution in [0.3, 0.4) is 0 Å². The number of benzene rings is 2. The van der Waals surface area contributed by atoms with Gasteiger partial charge in [0.25, 0.3) is 5.91 Å². The molecular weight excluding hydrogens is 294 g/mol. The van der Waals surface area contributed by atoms with E-state index in [4.69, 9.17) is 4.42 Å². The number of rotatable bonds is 5. The fraction of sp³-hybridized carbons (Fsp3) is 0.118. The number of amides is 2. The smallest absolute Gasteiger partial charge is 0.251 e. The molecule has 1 aromatic heterocycles. The number of nitrogens with one attached hydrogen (secondary N) is 2. The van der Waals surface area contributed by atoms with Crippen LogP contribution in [0.1, 0.15) is 16.2 Å². The number of carbonyl (C=O) groups excluding carboxylic acids is 2. The Labute approximate surface area is 132 Å². The zero-order valence-corrected chi connectivity index (χ0v) is 12.3. The molecule has 0 atom stereocenters. The van der Waals surface area contributed by atoms with Gasteiger partial charge in [-0.3, -0.25) is 9.59 Å². The van der Waals surface area contributed by atoms with E-state index in [-0.39, 0.29) is 24.9 Å². The molecule has 23 heavy (non-hydrogen) atoms. The molecule has 2 N–H and O–H groups in total. The van der Waals surface area contributed by atoms with Crippen molar-refractivity contribution in [3.63, 3.8) is 0 Å². The molecule has 0 aliphatic carbocycles. The van der Waals surface area contributed by atoms with Gasteiger partial charge in [0.15, 0.2) is 5.58 Å². The van der Waals surface area contributed by atoms with Crippen LogP contribution in [0, 0.1) is 0 Å². The molecule has 1 heterocycles. The maximum Gasteiger partial charge on any atom is 0.251 e. The van der Waals surface area contributed by atoms with Gasteiger partial charge < -0.3 is 15.1 Å². The normalized spacial score (nSPS) is 10.4. The van der Waals surface area contributed by atoms with Crippen molar-refractivity contribution in [2.75, 3.05) is 6.54 Å². The van der Waals surface area contributed by atoms with Crippen LogP contribution in [0.5, 0.6) is 0 Å². The third-order valence-corrected chi connectivity index (χ3v) is 3.22. The first-order valence-corrected chi connectivity index (χ1v) is 7.17. The number of hydrogen-bond donors (Lipinski definition) is 2. The highest BCUT2D eigenvalue weighted by molar-refractivity contribution is 5.96. The standard InChI is InChI=1S/C17H15N3O3/c21-15(10-19-17(22)12-6-2-1-3-7-12)18-11-16-20-13-8-4-5-9-14(13)23-16/h1-9H,10-11H2,(H,18,21)(H,19,22). The van der Waals surface area contributed by atoms with Crippen molar-refractivity contribution in [3.8, 4) is 0 Å². The summed E-state index contributed by atoms with van der Waals surface area (Å²) in [6.45, 7) is 0.0721. The number of carbonyl (C=O) groups is 2. The molecule has 0 fully saturated rings. The first kappa shape index (κ1) is 14.8. The third-order valence-electron chi connectivity index (χ3n) is 3.22. The topological polar surface area (TPSA) is 84.2 Å². The molecule has 0 radical (unpaired) electrons. The number of aromatic nitrogens is 1. The minimum Gasteiger partial charge on any atom is -0.439 e. The average Bonchev–Trinajstić information content (AvgIpc) is 3.01. The van der Waals surface area contributed by atoms with Gasteiger partial charge in [-0.1, -0.05) is 30.3 Å². The summed E-state index contributed by atoms with van der Waals surface area (Å²) in [6, 6.07) is 16.1. The molecular formula is C17H15N3O3. The highest BCUT2D eigenvalue weighted by atomic mass is 16.3. The Bertz CT molecular complexity index is 794. The summed E-state index contributed by atoms with van der Waals surface area (Å²) in [6.07, 6.45) is 0. The Hall–Kier alpha value is -3.15. The minimum absolute atomic E-state index is 0.103. The quantitative estimate of drug-likeness (QED) is 0.753. The van der Waals surface area contributed by atoms with Crippen LogP contribution < -0.4 is 10.6 Å². The van der Waals surface area contributed by atoms with E-state index in [0.29, 0.717) is 17.0 Å². The van der Waals surface area contributed by atoms with Crippen LogP contribution in [0.15, 0.2) is 59.0 Å². The van der Waals surface area contributed by atoms with Crippen molar-refractivity contribution in [2.45, 2.75) is 6.54 Å². The van der Waals surface area contributed by atoms with Gasteiger partial charge in [-0.15, -0.1) is 0 Å². The highest BCUT2D eigenvalue weighted by Crippen LogP contribution is 2.14. The largest absolute Gasteiger partial charge is 0.439 e. The van der Waals surface area contributed by atoms with E-state index in [0.717, 1.165) is 5.52 Å². The number of fused-ring (bicyclic) bond motifs is 1. The SMILES string of the molecule is O=C(CNC(=O)c1ccccc1)NCc1nc2ccccc2o1. The van der Waals surface area contributed by atoms with Crippen molar-refractivity contribution in [2.24, 2.45) is 0 Å². The molecule has 116 valence electrons. The Balaban J connectivity index is 1.49. The first-order valence-electron chi connectivity index (χ1n) is 7.17. The zero-order chi connectivity index (χ0) is 16.1.